The van der Waals surface area contributed by atoms with Gasteiger partial charge in [0.2, 0.25) is 11.8 Å². The Labute approximate surface area is 124 Å². The van der Waals surface area contributed by atoms with Crippen molar-refractivity contribution in [3.05, 3.63) is 12.4 Å². The van der Waals surface area contributed by atoms with E-state index in [2.05, 4.69) is 43.0 Å². The number of hydrogen-bond donors (Lipinski definition) is 3. The average molecular weight is 289 g/mol. The van der Waals surface area contributed by atoms with Gasteiger partial charge in [0.15, 0.2) is 0 Å². The van der Waals surface area contributed by atoms with Gasteiger partial charge in [0.05, 0.1) is 10.9 Å². The van der Waals surface area contributed by atoms with Crippen molar-refractivity contribution in [2.45, 2.75) is 57.7 Å². The minimum absolute atomic E-state index is 0.0139. The van der Waals surface area contributed by atoms with Crippen LogP contribution in [0, 0.1) is 0 Å². The maximum Gasteiger partial charge on any atom is 0.220 e. The fourth-order valence-electron chi connectivity index (χ4n) is 3.76. The highest BCUT2D eigenvalue weighted by Crippen LogP contribution is 2.40. The lowest BCUT2D eigenvalue weighted by Gasteiger charge is -2.47. The van der Waals surface area contributed by atoms with Crippen LogP contribution in [0.5, 0.6) is 5.88 Å². The van der Waals surface area contributed by atoms with Crippen LogP contribution in [0.15, 0.2) is 12.4 Å². The molecule has 1 aliphatic rings. The summed E-state index contributed by atoms with van der Waals surface area (Å²) in [5.41, 5.74) is 6.34. The second kappa shape index (κ2) is 4.34. The molecule has 6 heteroatoms. The molecule has 0 radical (unpaired) electrons. The molecule has 1 fully saturated rings. The highest BCUT2D eigenvalue weighted by Gasteiger charge is 2.39. The van der Waals surface area contributed by atoms with E-state index in [0.29, 0.717) is 10.9 Å². The van der Waals surface area contributed by atoms with Crippen LogP contribution in [-0.2, 0) is 0 Å². The molecule has 0 unspecified atom stereocenters. The summed E-state index contributed by atoms with van der Waals surface area (Å²) in [6.07, 6.45) is 5.34. The van der Waals surface area contributed by atoms with Crippen molar-refractivity contribution in [1.29, 1.82) is 0 Å². The lowest BCUT2D eigenvalue weighted by molar-refractivity contribution is 0.128. The zero-order valence-corrected chi connectivity index (χ0v) is 13.0. The Morgan fingerprint density at radius 2 is 1.90 bits per heavy atom. The first-order valence-electron chi connectivity index (χ1n) is 7.28. The summed E-state index contributed by atoms with van der Waals surface area (Å²) in [7, 11) is 0. The fraction of sp³-hybridized carbons (Fsp3) is 0.600. The summed E-state index contributed by atoms with van der Waals surface area (Å²) >= 11 is 0. The minimum Gasteiger partial charge on any atom is -0.494 e. The maximum atomic E-state index is 10.5. The number of aromatic hydroxyl groups is 1. The van der Waals surface area contributed by atoms with Gasteiger partial charge in [-0.1, -0.05) is 0 Å². The Kier molecular flexibility index (Phi) is 2.92. The van der Waals surface area contributed by atoms with Crippen LogP contribution < -0.4 is 11.1 Å². The number of nitrogens with zero attached hydrogens (tertiary/aromatic N) is 3. The molecule has 1 aliphatic heterocycles. The molecule has 0 bridgehead atoms. The van der Waals surface area contributed by atoms with Crippen molar-refractivity contribution >= 4 is 16.9 Å². The zero-order chi connectivity index (χ0) is 15.4. The number of hydrogen-bond acceptors (Lipinski definition) is 5. The number of nitrogens with one attached hydrogen (secondary N) is 1. The van der Waals surface area contributed by atoms with Crippen molar-refractivity contribution in [1.82, 2.24) is 19.9 Å². The number of anilines is 1. The first kappa shape index (κ1) is 14.1. The van der Waals surface area contributed by atoms with Gasteiger partial charge in [0, 0.05) is 29.5 Å². The van der Waals surface area contributed by atoms with Crippen LogP contribution in [0.2, 0.25) is 0 Å². The van der Waals surface area contributed by atoms with Gasteiger partial charge in [-0.2, -0.15) is 0 Å². The van der Waals surface area contributed by atoms with Gasteiger partial charge in [-0.15, -0.1) is 0 Å². The smallest absolute Gasteiger partial charge is 0.220 e. The van der Waals surface area contributed by atoms with Crippen molar-refractivity contribution in [2.75, 3.05) is 5.73 Å². The molecule has 3 heterocycles. The molecular formula is C15H23N5O. The predicted octanol–water partition coefficient (Wildman–Crippen LogP) is 2.20. The van der Waals surface area contributed by atoms with Gasteiger partial charge < -0.3 is 20.7 Å². The van der Waals surface area contributed by atoms with Crippen LogP contribution in [0.4, 0.5) is 5.95 Å². The summed E-state index contributed by atoms with van der Waals surface area (Å²) in [6.45, 7) is 8.77. The standard InChI is InChI=1S/C15H23N5O/c1-14(2)5-9(6-15(3,4)19-14)20-8-11-10(12(20)21)7-17-13(16)18-11/h7-9,19,21H,5-6H2,1-4H3,(H2,16,18). The first-order chi connectivity index (χ1) is 9.67. The molecule has 1 saturated heterocycles. The molecule has 0 aliphatic carbocycles. The highest BCUT2D eigenvalue weighted by atomic mass is 16.3. The van der Waals surface area contributed by atoms with Gasteiger partial charge >= 0.3 is 0 Å². The third-order valence-corrected chi connectivity index (χ3v) is 4.15. The average Bonchev–Trinajstić information content (AvgIpc) is 2.62. The van der Waals surface area contributed by atoms with Crippen molar-refractivity contribution < 1.29 is 5.11 Å². The Morgan fingerprint density at radius 3 is 2.52 bits per heavy atom. The number of aromatic nitrogens is 3. The van der Waals surface area contributed by atoms with E-state index in [-0.39, 0.29) is 28.9 Å². The molecule has 4 N–H and O–H groups in total. The third-order valence-electron chi connectivity index (χ3n) is 4.15. The molecule has 3 rings (SSSR count). The molecule has 2 aromatic rings. The van der Waals surface area contributed by atoms with E-state index >= 15 is 0 Å². The second-order valence-corrected chi connectivity index (χ2v) is 7.34. The highest BCUT2D eigenvalue weighted by molar-refractivity contribution is 5.84. The zero-order valence-electron chi connectivity index (χ0n) is 13.0. The molecule has 114 valence electrons. The minimum atomic E-state index is 0.0139. The van der Waals surface area contributed by atoms with E-state index in [1.165, 1.54) is 0 Å². The Bertz CT molecular complexity index is 673. The molecule has 0 amide bonds. The lowest BCUT2D eigenvalue weighted by Crippen LogP contribution is -2.57. The molecule has 0 spiro atoms. The molecule has 21 heavy (non-hydrogen) atoms. The van der Waals surface area contributed by atoms with E-state index in [4.69, 9.17) is 5.73 Å². The van der Waals surface area contributed by atoms with E-state index in [1.807, 2.05) is 10.8 Å². The Balaban J connectivity index is 2.05. The molecule has 0 atom stereocenters. The SMILES string of the molecule is CC1(C)CC(n2cc3nc(N)ncc3c2O)CC(C)(C)N1. The van der Waals surface area contributed by atoms with E-state index < -0.39 is 0 Å². The lowest BCUT2D eigenvalue weighted by atomic mass is 9.79. The first-order valence-corrected chi connectivity index (χ1v) is 7.28. The largest absolute Gasteiger partial charge is 0.494 e. The number of rotatable bonds is 1. The second-order valence-electron chi connectivity index (χ2n) is 7.34. The summed E-state index contributed by atoms with van der Waals surface area (Å²) in [5, 5.41) is 14.8. The third kappa shape index (κ3) is 2.55. The molecule has 2 aromatic heterocycles. The van der Waals surface area contributed by atoms with E-state index in [9.17, 15) is 5.11 Å². The summed E-state index contributed by atoms with van der Waals surface area (Å²) < 4.78 is 1.92. The van der Waals surface area contributed by atoms with Gasteiger partial charge in [0.1, 0.15) is 0 Å². The quantitative estimate of drug-likeness (QED) is 0.749. The van der Waals surface area contributed by atoms with E-state index in [0.717, 1.165) is 12.8 Å². The summed E-state index contributed by atoms with van der Waals surface area (Å²) in [4.78, 5) is 8.16. The summed E-state index contributed by atoms with van der Waals surface area (Å²) in [6, 6.07) is 0.215. The van der Waals surface area contributed by atoms with Gasteiger partial charge in [-0.25, -0.2) is 9.97 Å². The molecular weight excluding hydrogens is 266 g/mol. The Hall–Kier alpha value is -1.82. The van der Waals surface area contributed by atoms with Crippen LogP contribution >= 0.6 is 0 Å². The van der Waals surface area contributed by atoms with Crippen LogP contribution in [-0.4, -0.2) is 30.7 Å². The number of nitrogens with two attached hydrogens (primary N) is 1. The molecule has 0 saturated carbocycles. The number of piperidine rings is 1. The van der Waals surface area contributed by atoms with Crippen molar-refractivity contribution in [3.63, 3.8) is 0 Å². The van der Waals surface area contributed by atoms with Crippen LogP contribution in [0.25, 0.3) is 10.9 Å². The van der Waals surface area contributed by atoms with Gasteiger partial charge in [-0.05, 0) is 40.5 Å². The summed E-state index contributed by atoms with van der Waals surface area (Å²) in [5.74, 6) is 0.453. The monoisotopic (exact) mass is 289 g/mol. The molecule has 6 nitrogen and oxygen atoms in total. The number of nitrogen functional groups attached to an aromatic ring is 1. The van der Waals surface area contributed by atoms with E-state index in [1.54, 1.807) is 6.20 Å². The van der Waals surface area contributed by atoms with Crippen molar-refractivity contribution in [3.8, 4) is 5.88 Å². The number of fused-ring (bicyclic) bond motifs is 1. The predicted molar refractivity (Wildman–Crippen MR) is 83.2 cm³/mol. The van der Waals surface area contributed by atoms with Gasteiger partial charge in [0.25, 0.3) is 0 Å². The van der Waals surface area contributed by atoms with Crippen molar-refractivity contribution in [2.24, 2.45) is 0 Å². The normalized spacial score (nSPS) is 21.7. The topological polar surface area (TPSA) is 89.0 Å². The van der Waals surface area contributed by atoms with Gasteiger partial charge in [-0.3, -0.25) is 0 Å². The van der Waals surface area contributed by atoms with Crippen LogP contribution in [0.1, 0.15) is 46.6 Å². The Morgan fingerprint density at radius 1 is 1.29 bits per heavy atom. The fourth-order valence-corrected chi connectivity index (χ4v) is 3.76. The molecule has 0 aromatic carbocycles. The maximum absolute atomic E-state index is 10.5. The van der Waals surface area contributed by atoms with Crippen LogP contribution in [0.3, 0.4) is 0 Å².